The maximum atomic E-state index is 9.68. The highest BCUT2D eigenvalue weighted by atomic mass is 32.1. The van der Waals surface area contributed by atoms with Crippen LogP contribution in [0.15, 0.2) is 0 Å². The fourth-order valence-corrected chi connectivity index (χ4v) is 5.96. The lowest BCUT2D eigenvalue weighted by atomic mass is 9.98. The molecule has 2 saturated heterocycles. The van der Waals surface area contributed by atoms with Gasteiger partial charge in [-0.1, -0.05) is 0 Å². The summed E-state index contributed by atoms with van der Waals surface area (Å²) in [5.74, 6) is 2.42. The van der Waals surface area contributed by atoms with Crippen LogP contribution in [0.5, 0.6) is 0 Å². The van der Waals surface area contributed by atoms with Crippen molar-refractivity contribution in [2.75, 3.05) is 50.9 Å². The molecule has 0 bridgehead atoms. The molecule has 146 valence electrons. The van der Waals surface area contributed by atoms with Gasteiger partial charge in [0.25, 0.3) is 0 Å². The highest BCUT2D eigenvalue weighted by Crippen LogP contribution is 2.41. The summed E-state index contributed by atoms with van der Waals surface area (Å²) in [6.45, 7) is 6.51. The second-order valence-corrected chi connectivity index (χ2v) is 9.11. The van der Waals surface area contributed by atoms with Gasteiger partial charge in [-0.15, -0.1) is 11.3 Å². The van der Waals surface area contributed by atoms with E-state index in [2.05, 4.69) is 9.80 Å². The Labute approximate surface area is 164 Å². The van der Waals surface area contributed by atoms with Gasteiger partial charge in [-0.3, -0.25) is 4.90 Å². The largest absolute Gasteiger partial charge is 0.396 e. The average Bonchev–Trinajstić information content (AvgIpc) is 3.29. The Kier molecular flexibility index (Phi) is 5.02. The molecule has 5 rings (SSSR count). The Morgan fingerprint density at radius 2 is 2.00 bits per heavy atom. The van der Waals surface area contributed by atoms with Crippen LogP contribution in [0.2, 0.25) is 0 Å². The van der Waals surface area contributed by atoms with Crippen LogP contribution < -0.4 is 4.90 Å². The van der Waals surface area contributed by atoms with E-state index in [0.29, 0.717) is 5.92 Å². The fraction of sp³-hybridized carbons (Fsp3) is 0.700. The predicted molar refractivity (Wildman–Crippen MR) is 108 cm³/mol. The highest BCUT2D eigenvalue weighted by molar-refractivity contribution is 7.19. The van der Waals surface area contributed by atoms with E-state index in [-0.39, 0.29) is 6.61 Å². The lowest BCUT2D eigenvalue weighted by Gasteiger charge is -2.33. The van der Waals surface area contributed by atoms with Gasteiger partial charge in [0.2, 0.25) is 0 Å². The molecular formula is C20H28N4O2S. The molecule has 1 N–H and O–H groups in total. The molecule has 4 heterocycles. The molecule has 0 aromatic carbocycles. The van der Waals surface area contributed by atoms with E-state index in [1.165, 1.54) is 33.5 Å². The van der Waals surface area contributed by atoms with Crippen LogP contribution in [0.1, 0.15) is 35.5 Å². The summed E-state index contributed by atoms with van der Waals surface area (Å²) in [7, 11) is 0. The van der Waals surface area contributed by atoms with Crippen LogP contribution in [0.25, 0.3) is 10.2 Å². The van der Waals surface area contributed by atoms with Crippen LogP contribution in [0.3, 0.4) is 0 Å². The molecule has 0 amide bonds. The van der Waals surface area contributed by atoms with Gasteiger partial charge in [-0.05, 0) is 43.6 Å². The highest BCUT2D eigenvalue weighted by Gasteiger charge is 2.28. The third-order valence-corrected chi connectivity index (χ3v) is 7.32. The molecule has 7 heteroatoms. The fourth-order valence-electron chi connectivity index (χ4n) is 4.68. The van der Waals surface area contributed by atoms with Crippen LogP contribution in [0, 0.1) is 5.92 Å². The molecule has 0 radical (unpaired) electrons. The number of ether oxygens (including phenoxy) is 1. The first-order valence-corrected chi connectivity index (χ1v) is 11.1. The Balaban J connectivity index is 1.53. The van der Waals surface area contributed by atoms with Crippen molar-refractivity contribution in [3.05, 3.63) is 16.3 Å². The maximum absolute atomic E-state index is 9.68. The zero-order valence-corrected chi connectivity index (χ0v) is 16.6. The van der Waals surface area contributed by atoms with E-state index < -0.39 is 0 Å². The third kappa shape index (κ3) is 3.46. The van der Waals surface area contributed by atoms with Crippen LogP contribution in [-0.4, -0.2) is 66.0 Å². The van der Waals surface area contributed by atoms with Gasteiger partial charge in [0, 0.05) is 37.7 Å². The zero-order valence-electron chi connectivity index (χ0n) is 15.8. The van der Waals surface area contributed by atoms with Gasteiger partial charge in [0.1, 0.15) is 16.5 Å². The minimum Gasteiger partial charge on any atom is -0.396 e. The van der Waals surface area contributed by atoms with Crippen molar-refractivity contribution in [2.24, 2.45) is 5.92 Å². The molecule has 1 atom stereocenters. The summed E-state index contributed by atoms with van der Waals surface area (Å²) in [6, 6.07) is 0. The van der Waals surface area contributed by atoms with Crippen LogP contribution in [-0.2, 0) is 24.1 Å². The SMILES string of the molecule is OCC1CCCN(c2nc(CN3CCOCC3)nc3sc4c(c23)CCC4)C1. The summed E-state index contributed by atoms with van der Waals surface area (Å²) in [6.07, 6.45) is 5.84. The van der Waals surface area contributed by atoms with Gasteiger partial charge >= 0.3 is 0 Å². The monoisotopic (exact) mass is 388 g/mol. The number of anilines is 1. The van der Waals surface area contributed by atoms with E-state index in [1.807, 2.05) is 11.3 Å². The second kappa shape index (κ2) is 7.62. The second-order valence-electron chi connectivity index (χ2n) is 8.03. The van der Waals surface area contributed by atoms with E-state index in [9.17, 15) is 5.11 Å². The van der Waals surface area contributed by atoms with Crippen molar-refractivity contribution in [1.29, 1.82) is 0 Å². The smallest absolute Gasteiger partial charge is 0.146 e. The lowest BCUT2D eigenvalue weighted by Crippen LogP contribution is -2.38. The number of aliphatic hydroxyl groups excluding tert-OH is 1. The number of aromatic nitrogens is 2. The summed E-state index contributed by atoms with van der Waals surface area (Å²) in [5, 5.41) is 11.0. The number of hydrogen-bond acceptors (Lipinski definition) is 7. The van der Waals surface area contributed by atoms with Gasteiger partial charge in [-0.25, -0.2) is 9.97 Å². The number of nitrogens with zero attached hydrogens (tertiary/aromatic N) is 4. The average molecular weight is 389 g/mol. The van der Waals surface area contributed by atoms with Gasteiger partial charge in [-0.2, -0.15) is 0 Å². The topological polar surface area (TPSA) is 61.7 Å². The van der Waals surface area contributed by atoms with Crippen molar-refractivity contribution in [3.63, 3.8) is 0 Å². The number of piperidine rings is 1. The molecule has 1 unspecified atom stereocenters. The van der Waals surface area contributed by atoms with Gasteiger partial charge in [0.05, 0.1) is 25.1 Å². The molecular weight excluding hydrogens is 360 g/mol. The minimum atomic E-state index is 0.271. The van der Waals surface area contributed by atoms with Gasteiger partial charge in [0.15, 0.2) is 0 Å². The number of morpholine rings is 1. The first-order chi connectivity index (χ1) is 13.3. The molecule has 2 fully saturated rings. The van der Waals surface area contributed by atoms with Crippen molar-refractivity contribution >= 4 is 27.4 Å². The summed E-state index contributed by atoms with van der Waals surface area (Å²) < 4.78 is 5.48. The number of aryl methyl sites for hydroxylation is 2. The van der Waals surface area contributed by atoms with E-state index >= 15 is 0 Å². The van der Waals surface area contributed by atoms with Crippen molar-refractivity contribution in [1.82, 2.24) is 14.9 Å². The van der Waals surface area contributed by atoms with Crippen molar-refractivity contribution < 1.29 is 9.84 Å². The molecule has 2 aromatic rings. The standard InChI is InChI=1S/C20H28N4O2S/c25-13-14-3-2-6-24(11-14)19-18-15-4-1-5-16(15)27-20(18)22-17(21-19)12-23-7-9-26-10-8-23/h14,25H,1-13H2. The number of rotatable bonds is 4. The third-order valence-electron chi connectivity index (χ3n) is 6.14. The number of thiophene rings is 1. The molecule has 27 heavy (non-hydrogen) atoms. The van der Waals surface area contributed by atoms with Crippen LogP contribution >= 0.6 is 11.3 Å². The quantitative estimate of drug-likeness (QED) is 0.867. The van der Waals surface area contributed by atoms with E-state index in [4.69, 9.17) is 14.7 Å². The molecule has 1 aliphatic carbocycles. The maximum Gasteiger partial charge on any atom is 0.146 e. The summed E-state index contributed by atoms with van der Waals surface area (Å²) >= 11 is 1.88. The predicted octanol–water partition coefficient (Wildman–Crippen LogP) is 2.22. The van der Waals surface area contributed by atoms with E-state index in [0.717, 1.165) is 76.8 Å². The molecule has 0 spiro atoms. The van der Waals surface area contributed by atoms with Crippen LogP contribution in [0.4, 0.5) is 5.82 Å². The normalized spacial score (nSPS) is 23.9. The van der Waals surface area contributed by atoms with Gasteiger partial charge < -0.3 is 14.7 Å². The first kappa shape index (κ1) is 17.8. The Bertz CT molecular complexity index is 818. The number of hydrogen-bond donors (Lipinski definition) is 1. The number of aliphatic hydroxyl groups is 1. The van der Waals surface area contributed by atoms with Crippen molar-refractivity contribution in [2.45, 2.75) is 38.6 Å². The minimum absolute atomic E-state index is 0.271. The van der Waals surface area contributed by atoms with Crippen molar-refractivity contribution in [3.8, 4) is 0 Å². The first-order valence-electron chi connectivity index (χ1n) is 10.3. The Morgan fingerprint density at radius 1 is 1.11 bits per heavy atom. The summed E-state index contributed by atoms with van der Waals surface area (Å²) in [5.41, 5.74) is 1.49. The summed E-state index contributed by atoms with van der Waals surface area (Å²) in [4.78, 5) is 17.6. The lowest BCUT2D eigenvalue weighted by molar-refractivity contribution is 0.0331. The number of fused-ring (bicyclic) bond motifs is 3. The molecule has 6 nitrogen and oxygen atoms in total. The Morgan fingerprint density at radius 3 is 2.85 bits per heavy atom. The zero-order chi connectivity index (χ0) is 18.2. The molecule has 0 saturated carbocycles. The molecule has 3 aliphatic rings. The Hall–Kier alpha value is -1.28. The molecule has 2 aliphatic heterocycles. The van der Waals surface area contributed by atoms with E-state index in [1.54, 1.807) is 0 Å². The molecule has 2 aromatic heterocycles.